The van der Waals surface area contributed by atoms with Crippen LogP contribution in [0, 0.1) is 0 Å². The second-order valence-corrected chi connectivity index (χ2v) is 5.03. The molecule has 1 atom stereocenters. The number of ether oxygens (including phenoxy) is 1. The molecule has 7 nitrogen and oxygen atoms in total. The lowest BCUT2D eigenvalue weighted by Crippen LogP contribution is -2.38. The summed E-state index contributed by atoms with van der Waals surface area (Å²) in [5, 5.41) is 2.49. The number of esters is 1. The van der Waals surface area contributed by atoms with Gasteiger partial charge in [0.15, 0.2) is 0 Å². The Balaban J connectivity index is 4.11. The zero-order valence-corrected chi connectivity index (χ0v) is 10.2. The zero-order chi connectivity index (χ0) is 12.6. The molecule has 0 saturated heterocycles. The number of hydrogen-bond acceptors (Lipinski definition) is 5. The molecule has 0 unspecified atom stereocenters. The van der Waals surface area contributed by atoms with Gasteiger partial charge in [0.05, 0.1) is 13.4 Å². The second-order valence-electron chi connectivity index (χ2n) is 3.39. The van der Waals surface area contributed by atoms with Gasteiger partial charge in [0, 0.05) is 0 Å². The summed E-state index contributed by atoms with van der Waals surface area (Å²) in [5.41, 5.74) is 5.31. The van der Waals surface area contributed by atoms with Crippen LogP contribution in [-0.2, 0) is 14.1 Å². The fraction of sp³-hybridized carbons (Fsp3) is 0.875. The van der Waals surface area contributed by atoms with Crippen molar-refractivity contribution < 1.29 is 23.9 Å². The van der Waals surface area contributed by atoms with Gasteiger partial charge in [-0.05, 0) is 19.4 Å². The van der Waals surface area contributed by atoms with Crippen molar-refractivity contribution in [3.63, 3.8) is 0 Å². The predicted octanol–water partition coefficient (Wildman–Crippen LogP) is -0.618. The molecular weight excluding hydrogens is 235 g/mol. The van der Waals surface area contributed by atoms with Gasteiger partial charge in [-0.2, -0.15) is 0 Å². The normalized spacial score (nSPS) is 13.5. The molecule has 0 aromatic heterocycles. The van der Waals surface area contributed by atoms with Gasteiger partial charge in [-0.25, -0.2) is 0 Å². The van der Waals surface area contributed by atoms with E-state index in [-0.39, 0.29) is 0 Å². The third-order valence-corrected chi connectivity index (χ3v) is 2.57. The number of unbranched alkanes of at least 4 members (excludes halogenated alkanes) is 1. The number of nitrogens with one attached hydrogen (secondary N) is 1. The van der Waals surface area contributed by atoms with Gasteiger partial charge in [0.25, 0.3) is 0 Å². The SMILES string of the molecule is COC(=O)[C@H](CCCCN)NCP(=O)(O)O. The van der Waals surface area contributed by atoms with Crippen molar-refractivity contribution >= 4 is 13.6 Å². The van der Waals surface area contributed by atoms with Gasteiger partial charge in [-0.3, -0.25) is 14.7 Å². The maximum Gasteiger partial charge on any atom is 0.339 e. The second kappa shape index (κ2) is 7.76. The average molecular weight is 254 g/mol. The highest BCUT2D eigenvalue weighted by molar-refractivity contribution is 7.51. The van der Waals surface area contributed by atoms with Crippen LogP contribution in [0.4, 0.5) is 0 Å². The molecule has 8 heteroatoms. The summed E-state index contributed by atoms with van der Waals surface area (Å²) in [6, 6.07) is -0.691. The minimum atomic E-state index is -4.15. The third-order valence-electron chi connectivity index (χ3n) is 1.98. The molecular formula is C8H19N2O5P. The van der Waals surface area contributed by atoms with Crippen LogP contribution in [0.25, 0.3) is 0 Å². The van der Waals surface area contributed by atoms with Crippen LogP contribution in [-0.4, -0.2) is 41.7 Å². The zero-order valence-electron chi connectivity index (χ0n) is 9.26. The molecule has 0 fully saturated rings. The Labute approximate surface area is 94.5 Å². The molecule has 0 rings (SSSR count). The average Bonchev–Trinajstić information content (AvgIpc) is 2.20. The topological polar surface area (TPSA) is 122 Å². The van der Waals surface area contributed by atoms with E-state index in [0.717, 1.165) is 6.42 Å². The summed E-state index contributed by atoms with van der Waals surface area (Å²) in [6.07, 6.45) is 1.37. The van der Waals surface area contributed by atoms with Gasteiger partial charge in [-0.15, -0.1) is 0 Å². The van der Waals surface area contributed by atoms with Crippen molar-refractivity contribution in [3.05, 3.63) is 0 Å². The van der Waals surface area contributed by atoms with Crippen LogP contribution < -0.4 is 11.1 Å². The van der Waals surface area contributed by atoms with Gasteiger partial charge in [0.1, 0.15) is 6.04 Å². The molecule has 0 saturated carbocycles. The molecule has 0 aromatic carbocycles. The molecule has 0 radical (unpaired) electrons. The number of methoxy groups -OCH3 is 1. The van der Waals surface area contributed by atoms with Crippen LogP contribution in [0.1, 0.15) is 19.3 Å². The van der Waals surface area contributed by atoms with Crippen molar-refractivity contribution in [1.29, 1.82) is 0 Å². The van der Waals surface area contributed by atoms with Crippen molar-refractivity contribution in [1.82, 2.24) is 5.32 Å². The van der Waals surface area contributed by atoms with E-state index in [0.29, 0.717) is 19.4 Å². The van der Waals surface area contributed by atoms with E-state index < -0.39 is 25.9 Å². The predicted molar refractivity (Wildman–Crippen MR) is 58.8 cm³/mol. The van der Waals surface area contributed by atoms with Crippen molar-refractivity contribution in [2.24, 2.45) is 5.73 Å². The molecule has 0 aliphatic heterocycles. The minimum Gasteiger partial charge on any atom is -0.468 e. The first-order chi connectivity index (χ1) is 7.40. The first-order valence-corrected chi connectivity index (χ1v) is 6.76. The maximum absolute atomic E-state index is 11.3. The van der Waals surface area contributed by atoms with E-state index in [2.05, 4.69) is 10.1 Å². The largest absolute Gasteiger partial charge is 0.468 e. The fourth-order valence-electron chi connectivity index (χ4n) is 1.17. The Morgan fingerprint density at radius 1 is 1.50 bits per heavy atom. The van der Waals surface area contributed by atoms with Gasteiger partial charge in [0.2, 0.25) is 0 Å². The lowest BCUT2D eigenvalue weighted by atomic mass is 10.1. The van der Waals surface area contributed by atoms with Crippen LogP contribution in [0.3, 0.4) is 0 Å². The summed E-state index contributed by atoms with van der Waals surface area (Å²) in [4.78, 5) is 28.6. The van der Waals surface area contributed by atoms with E-state index in [1.807, 2.05) is 0 Å². The Kier molecular flexibility index (Phi) is 7.53. The molecule has 0 aromatic rings. The first-order valence-electron chi connectivity index (χ1n) is 4.96. The van der Waals surface area contributed by atoms with Crippen LogP contribution in [0.15, 0.2) is 0 Å². The van der Waals surface area contributed by atoms with Crippen LogP contribution in [0.2, 0.25) is 0 Å². The smallest absolute Gasteiger partial charge is 0.339 e. The quantitative estimate of drug-likeness (QED) is 0.259. The summed E-state index contributed by atoms with van der Waals surface area (Å²) in [6.45, 7) is 0.520. The highest BCUT2D eigenvalue weighted by Gasteiger charge is 2.22. The highest BCUT2D eigenvalue weighted by Crippen LogP contribution is 2.32. The molecule has 5 N–H and O–H groups in total. The molecule has 16 heavy (non-hydrogen) atoms. The lowest BCUT2D eigenvalue weighted by Gasteiger charge is -2.16. The number of carbonyl (C=O) groups is 1. The first kappa shape index (κ1) is 15.5. The van der Waals surface area contributed by atoms with Gasteiger partial charge >= 0.3 is 13.6 Å². The van der Waals surface area contributed by atoms with Gasteiger partial charge < -0.3 is 20.3 Å². The number of rotatable bonds is 8. The summed E-state index contributed by atoms with van der Waals surface area (Å²) >= 11 is 0. The molecule has 0 aliphatic rings. The molecule has 96 valence electrons. The fourth-order valence-corrected chi connectivity index (χ4v) is 1.63. The number of carbonyl (C=O) groups excluding carboxylic acids is 1. The summed E-state index contributed by atoms with van der Waals surface area (Å²) in [7, 11) is -2.92. The van der Waals surface area contributed by atoms with Gasteiger partial charge in [-0.1, -0.05) is 6.42 Å². The molecule has 0 spiro atoms. The van der Waals surface area contributed by atoms with E-state index in [1.54, 1.807) is 0 Å². The summed E-state index contributed by atoms with van der Waals surface area (Å²) < 4.78 is 15.2. The molecule has 0 amide bonds. The van der Waals surface area contributed by atoms with E-state index in [9.17, 15) is 9.36 Å². The Hall–Kier alpha value is -0.460. The Morgan fingerprint density at radius 3 is 2.56 bits per heavy atom. The molecule has 0 aliphatic carbocycles. The van der Waals surface area contributed by atoms with E-state index in [4.69, 9.17) is 15.5 Å². The molecule has 0 bridgehead atoms. The van der Waals surface area contributed by atoms with Crippen molar-refractivity contribution in [2.75, 3.05) is 19.9 Å². The van der Waals surface area contributed by atoms with Crippen molar-refractivity contribution in [3.8, 4) is 0 Å². The lowest BCUT2D eigenvalue weighted by molar-refractivity contribution is -0.143. The maximum atomic E-state index is 11.3. The monoisotopic (exact) mass is 254 g/mol. The van der Waals surface area contributed by atoms with Crippen LogP contribution in [0.5, 0.6) is 0 Å². The third kappa shape index (κ3) is 7.78. The Morgan fingerprint density at radius 2 is 2.12 bits per heavy atom. The summed E-state index contributed by atoms with van der Waals surface area (Å²) in [5.74, 6) is -0.523. The molecule has 0 heterocycles. The number of hydrogen-bond donors (Lipinski definition) is 4. The van der Waals surface area contributed by atoms with E-state index in [1.165, 1.54) is 7.11 Å². The number of nitrogens with two attached hydrogens (primary N) is 1. The van der Waals surface area contributed by atoms with E-state index >= 15 is 0 Å². The van der Waals surface area contributed by atoms with Crippen molar-refractivity contribution in [2.45, 2.75) is 25.3 Å². The highest BCUT2D eigenvalue weighted by atomic mass is 31.2. The minimum absolute atomic E-state index is 0.448. The standard InChI is InChI=1S/C8H19N2O5P/c1-15-8(11)7(4-2-3-5-9)10-6-16(12,13)14/h7,10H,2-6,9H2,1H3,(H2,12,13,14)/t7-/m0/s1. The Bertz CT molecular complexity index is 255. The van der Waals surface area contributed by atoms with Crippen LogP contribution >= 0.6 is 7.60 Å².